The van der Waals surface area contributed by atoms with Gasteiger partial charge in [0.05, 0.1) is 11.6 Å². The number of nitrogens with one attached hydrogen (secondary N) is 1. The van der Waals surface area contributed by atoms with Crippen molar-refractivity contribution in [2.24, 2.45) is 0 Å². The van der Waals surface area contributed by atoms with Gasteiger partial charge in [0.2, 0.25) is 5.91 Å². The van der Waals surface area contributed by atoms with Crippen LogP contribution in [0.5, 0.6) is 0 Å². The quantitative estimate of drug-likeness (QED) is 0.701. The van der Waals surface area contributed by atoms with Crippen LogP contribution < -0.4 is 4.90 Å². The number of amides is 1. The Kier molecular flexibility index (Phi) is 2.06. The molecule has 1 fully saturated rings. The van der Waals surface area contributed by atoms with Crippen molar-refractivity contribution in [1.29, 1.82) is 0 Å². The van der Waals surface area contributed by atoms with Gasteiger partial charge in [0.25, 0.3) is 0 Å². The molecule has 3 heterocycles. The van der Waals surface area contributed by atoms with Crippen LogP contribution >= 0.6 is 12.6 Å². The Morgan fingerprint density at radius 3 is 3.12 bits per heavy atom. The van der Waals surface area contributed by atoms with Crippen molar-refractivity contribution in [1.82, 2.24) is 20.2 Å². The smallest absolute Gasteiger partial charge is 0.229 e. The van der Waals surface area contributed by atoms with Crippen molar-refractivity contribution in [2.75, 3.05) is 11.4 Å². The summed E-state index contributed by atoms with van der Waals surface area (Å²) >= 11 is 4.31. The van der Waals surface area contributed by atoms with E-state index in [1.807, 2.05) is 0 Å². The van der Waals surface area contributed by atoms with Crippen molar-refractivity contribution in [2.45, 2.75) is 11.7 Å². The fraction of sp³-hybridized carbons (Fsp3) is 0.333. The van der Waals surface area contributed by atoms with E-state index >= 15 is 0 Å². The number of hydrogen-bond donors (Lipinski definition) is 2. The largest absolute Gasteiger partial charge is 0.295 e. The van der Waals surface area contributed by atoms with Gasteiger partial charge in [0, 0.05) is 18.2 Å². The average molecular weight is 235 g/mol. The predicted molar refractivity (Wildman–Crippen MR) is 61.4 cm³/mol. The maximum atomic E-state index is 11.7. The maximum absolute atomic E-state index is 11.7. The van der Waals surface area contributed by atoms with E-state index in [-0.39, 0.29) is 11.2 Å². The molecule has 7 heteroatoms. The second-order valence-corrected chi connectivity index (χ2v) is 4.42. The summed E-state index contributed by atoms with van der Waals surface area (Å²) in [6.07, 6.45) is 3.51. The topological polar surface area (TPSA) is 74.8 Å². The van der Waals surface area contributed by atoms with E-state index in [1.54, 1.807) is 11.1 Å². The molecule has 0 aromatic carbocycles. The molecule has 1 saturated heterocycles. The molecule has 0 spiro atoms. The highest BCUT2D eigenvalue weighted by Crippen LogP contribution is 2.26. The SMILES string of the molecule is O=C1CC(S)CN1c1ncnc2[nH]ncc12. The Bertz CT molecular complexity index is 554. The van der Waals surface area contributed by atoms with Crippen LogP contribution in [0.15, 0.2) is 12.5 Å². The van der Waals surface area contributed by atoms with Crippen LogP contribution in [0.25, 0.3) is 11.0 Å². The highest BCUT2D eigenvalue weighted by Gasteiger charge is 2.30. The van der Waals surface area contributed by atoms with Gasteiger partial charge < -0.3 is 0 Å². The molecular formula is C9H9N5OS. The van der Waals surface area contributed by atoms with Crippen LogP contribution in [0.4, 0.5) is 5.82 Å². The summed E-state index contributed by atoms with van der Waals surface area (Å²) < 4.78 is 0. The molecule has 1 amide bonds. The second-order valence-electron chi connectivity index (χ2n) is 3.69. The number of aromatic nitrogens is 4. The number of rotatable bonds is 1. The number of hydrogen-bond acceptors (Lipinski definition) is 5. The van der Waals surface area contributed by atoms with Crippen LogP contribution in [-0.2, 0) is 4.79 Å². The number of anilines is 1. The summed E-state index contributed by atoms with van der Waals surface area (Å²) in [6.45, 7) is 0.583. The molecule has 0 aliphatic carbocycles. The minimum atomic E-state index is 0.0428. The number of H-pyrrole nitrogens is 1. The molecule has 1 aliphatic rings. The summed E-state index contributed by atoms with van der Waals surface area (Å²) in [6, 6.07) is 0. The molecule has 1 N–H and O–H groups in total. The first-order chi connectivity index (χ1) is 7.75. The fourth-order valence-electron chi connectivity index (χ4n) is 1.86. The first-order valence-corrected chi connectivity index (χ1v) is 5.40. The van der Waals surface area contributed by atoms with Gasteiger partial charge in [-0.1, -0.05) is 0 Å². The van der Waals surface area contributed by atoms with Gasteiger partial charge in [-0.15, -0.1) is 0 Å². The van der Waals surface area contributed by atoms with E-state index in [1.165, 1.54) is 6.33 Å². The molecule has 6 nitrogen and oxygen atoms in total. The first-order valence-electron chi connectivity index (χ1n) is 4.88. The monoisotopic (exact) mass is 235 g/mol. The highest BCUT2D eigenvalue weighted by molar-refractivity contribution is 7.81. The molecule has 0 saturated carbocycles. The molecule has 1 unspecified atom stereocenters. The third-order valence-corrected chi connectivity index (χ3v) is 2.93. The van der Waals surface area contributed by atoms with Gasteiger partial charge in [-0.25, -0.2) is 9.97 Å². The average Bonchev–Trinajstić information content (AvgIpc) is 2.84. The zero-order chi connectivity index (χ0) is 11.1. The summed E-state index contributed by atoms with van der Waals surface area (Å²) in [4.78, 5) is 21.5. The van der Waals surface area contributed by atoms with Crippen LogP contribution in [0.2, 0.25) is 0 Å². The summed E-state index contributed by atoms with van der Waals surface area (Å²) in [7, 11) is 0. The van der Waals surface area contributed by atoms with Gasteiger partial charge >= 0.3 is 0 Å². The van der Waals surface area contributed by atoms with Gasteiger partial charge in [-0.2, -0.15) is 17.7 Å². The van der Waals surface area contributed by atoms with Crippen LogP contribution in [0.1, 0.15) is 6.42 Å². The summed E-state index contributed by atoms with van der Waals surface area (Å²) in [5.41, 5.74) is 0.639. The fourth-order valence-corrected chi connectivity index (χ4v) is 2.18. The number of nitrogens with zero attached hydrogens (tertiary/aromatic N) is 4. The third kappa shape index (κ3) is 1.35. The normalized spacial score (nSPS) is 20.9. The standard InChI is InChI=1S/C9H9N5OS/c15-7-1-5(16)3-14(7)9-6-2-12-13-8(6)10-4-11-9/h2,4-5,16H,1,3H2,(H,10,11,12,13). The van der Waals surface area contributed by atoms with Crippen LogP contribution in [0, 0.1) is 0 Å². The second kappa shape index (κ2) is 3.44. The number of carbonyl (C=O) groups excluding carboxylic acids is 1. The molecule has 1 aliphatic heterocycles. The Hall–Kier alpha value is -1.63. The van der Waals surface area contributed by atoms with Gasteiger partial charge in [-0.05, 0) is 0 Å². The molecule has 2 aromatic rings. The van der Waals surface area contributed by atoms with E-state index in [4.69, 9.17) is 0 Å². The van der Waals surface area contributed by atoms with Crippen molar-refractivity contribution in [3.63, 3.8) is 0 Å². The predicted octanol–water partition coefficient (Wildman–Crippen LogP) is 0.388. The van der Waals surface area contributed by atoms with E-state index in [0.717, 1.165) is 5.39 Å². The number of carbonyl (C=O) groups is 1. The van der Waals surface area contributed by atoms with E-state index in [9.17, 15) is 4.79 Å². The minimum absolute atomic E-state index is 0.0428. The molecule has 0 bridgehead atoms. The Morgan fingerprint density at radius 1 is 1.50 bits per heavy atom. The Morgan fingerprint density at radius 2 is 2.38 bits per heavy atom. The molecule has 3 rings (SSSR count). The molecule has 0 radical (unpaired) electrons. The third-order valence-electron chi connectivity index (χ3n) is 2.59. The molecule has 16 heavy (non-hydrogen) atoms. The summed E-state index contributed by atoms with van der Waals surface area (Å²) in [5.74, 6) is 0.654. The first kappa shape index (κ1) is 9.59. The lowest BCUT2D eigenvalue weighted by atomic mass is 10.3. The van der Waals surface area contributed by atoms with E-state index in [0.29, 0.717) is 24.4 Å². The van der Waals surface area contributed by atoms with Gasteiger partial charge in [-0.3, -0.25) is 14.8 Å². The minimum Gasteiger partial charge on any atom is -0.295 e. The van der Waals surface area contributed by atoms with Gasteiger partial charge in [0.1, 0.15) is 12.1 Å². The lowest BCUT2D eigenvalue weighted by molar-refractivity contribution is -0.117. The molecule has 82 valence electrons. The van der Waals surface area contributed by atoms with E-state index < -0.39 is 0 Å². The van der Waals surface area contributed by atoms with Crippen LogP contribution in [-0.4, -0.2) is 37.9 Å². The Labute approximate surface area is 96.5 Å². The number of aromatic amines is 1. The van der Waals surface area contributed by atoms with Gasteiger partial charge in [0.15, 0.2) is 5.65 Å². The molecule has 2 aromatic heterocycles. The van der Waals surface area contributed by atoms with Crippen molar-refractivity contribution >= 4 is 35.4 Å². The van der Waals surface area contributed by atoms with Crippen molar-refractivity contribution in [3.8, 4) is 0 Å². The highest BCUT2D eigenvalue weighted by atomic mass is 32.1. The van der Waals surface area contributed by atoms with Crippen molar-refractivity contribution < 1.29 is 4.79 Å². The molecular weight excluding hydrogens is 226 g/mol. The summed E-state index contributed by atoms with van der Waals surface area (Å²) in [5, 5.41) is 7.48. The zero-order valence-electron chi connectivity index (χ0n) is 8.29. The van der Waals surface area contributed by atoms with Crippen molar-refractivity contribution in [3.05, 3.63) is 12.5 Å². The Balaban J connectivity index is 2.12. The van der Waals surface area contributed by atoms with E-state index in [2.05, 4.69) is 32.8 Å². The number of thiol groups is 1. The number of fused-ring (bicyclic) bond motifs is 1. The molecule has 1 atom stereocenters. The lowest BCUT2D eigenvalue weighted by Gasteiger charge is -2.14. The lowest BCUT2D eigenvalue weighted by Crippen LogP contribution is -2.25. The maximum Gasteiger partial charge on any atom is 0.229 e. The zero-order valence-corrected chi connectivity index (χ0v) is 9.19. The van der Waals surface area contributed by atoms with Crippen LogP contribution in [0.3, 0.4) is 0 Å².